The van der Waals surface area contributed by atoms with Gasteiger partial charge in [-0.2, -0.15) is 0 Å². The monoisotopic (exact) mass is 336 g/mol. The molecular weight excluding hydrogens is 312 g/mol. The summed E-state index contributed by atoms with van der Waals surface area (Å²) in [5.74, 6) is 1.56. The van der Waals surface area contributed by atoms with Crippen LogP contribution in [0.3, 0.4) is 0 Å². The molecule has 0 aromatic heterocycles. The molecule has 1 saturated heterocycles. The zero-order chi connectivity index (χ0) is 16.4. The van der Waals surface area contributed by atoms with Gasteiger partial charge in [-0.05, 0) is 24.6 Å². The van der Waals surface area contributed by atoms with Crippen LogP contribution in [0.4, 0.5) is 0 Å². The van der Waals surface area contributed by atoms with Crippen LogP contribution in [0.25, 0.3) is 0 Å². The third-order valence-electron chi connectivity index (χ3n) is 4.21. The Labute approximate surface area is 137 Å². The van der Waals surface area contributed by atoms with Gasteiger partial charge in [0.1, 0.15) is 17.8 Å². The maximum Gasteiger partial charge on any atom is 0.207 e. The highest BCUT2D eigenvalue weighted by molar-refractivity contribution is 6.76. The van der Waals surface area contributed by atoms with Gasteiger partial charge < -0.3 is 18.9 Å². The number of hydrogen-bond acceptors (Lipinski definition) is 5. The predicted octanol–water partition coefficient (Wildman–Crippen LogP) is 3.41. The molecule has 2 aliphatic rings. The lowest BCUT2D eigenvalue weighted by Crippen LogP contribution is -2.22. The number of rotatable bonds is 7. The third-order valence-corrected chi connectivity index (χ3v) is 5.91. The summed E-state index contributed by atoms with van der Waals surface area (Å²) < 4.78 is 22.8. The quantitative estimate of drug-likeness (QED) is 0.330. The fraction of sp³-hybridized carbons (Fsp3) is 0.588. The second kappa shape index (κ2) is 6.63. The molecule has 1 fully saturated rings. The zero-order valence-corrected chi connectivity index (χ0v) is 15.0. The lowest BCUT2D eigenvalue weighted by molar-refractivity contribution is -0.0338. The van der Waals surface area contributed by atoms with Crippen molar-refractivity contribution in [3.05, 3.63) is 23.3 Å². The molecule has 2 atom stereocenters. The van der Waals surface area contributed by atoms with E-state index in [1.807, 2.05) is 0 Å². The fourth-order valence-electron chi connectivity index (χ4n) is 2.90. The second-order valence-electron chi connectivity index (χ2n) is 7.28. The van der Waals surface area contributed by atoms with Gasteiger partial charge in [-0.25, -0.2) is 0 Å². The summed E-state index contributed by atoms with van der Waals surface area (Å²) in [6, 6.07) is 4.62. The van der Waals surface area contributed by atoms with Crippen LogP contribution in [-0.2, 0) is 9.47 Å². The molecule has 2 heterocycles. The van der Waals surface area contributed by atoms with Gasteiger partial charge in [-0.1, -0.05) is 19.6 Å². The maximum atomic E-state index is 11.1. The highest BCUT2D eigenvalue weighted by Gasteiger charge is 2.41. The molecule has 2 aliphatic heterocycles. The van der Waals surface area contributed by atoms with Crippen molar-refractivity contribution in [3.8, 4) is 11.5 Å². The van der Waals surface area contributed by atoms with E-state index >= 15 is 0 Å². The largest absolute Gasteiger partial charge is 0.467 e. The summed E-state index contributed by atoms with van der Waals surface area (Å²) in [7, 11) is -1.10. The lowest BCUT2D eigenvalue weighted by atomic mass is 9.96. The Bertz CT molecular complexity index is 581. The Morgan fingerprint density at radius 3 is 2.91 bits per heavy atom. The van der Waals surface area contributed by atoms with Gasteiger partial charge in [0, 0.05) is 25.8 Å². The SMILES string of the molecule is C[Si](C)(C)CCOCOc1cc(C=O)cc2c1[C@@H]1CCO[C@@H]1O2. The summed E-state index contributed by atoms with van der Waals surface area (Å²) in [6.07, 6.45) is 1.46. The molecule has 1 aromatic rings. The highest BCUT2D eigenvalue weighted by Crippen LogP contribution is 2.49. The van der Waals surface area contributed by atoms with Crippen LogP contribution in [-0.4, -0.2) is 40.7 Å². The molecule has 5 nitrogen and oxygen atoms in total. The number of hydrogen-bond donors (Lipinski definition) is 0. The van der Waals surface area contributed by atoms with E-state index < -0.39 is 8.07 Å². The van der Waals surface area contributed by atoms with Crippen LogP contribution < -0.4 is 9.47 Å². The Morgan fingerprint density at radius 2 is 2.17 bits per heavy atom. The standard InChI is InChI=1S/C17H24O5Si/c1-23(2,3)7-6-19-11-21-14-8-12(10-18)9-15-16(14)13-4-5-20-17(13)22-15/h8-10,13,17H,4-7,11H2,1-3H3/t13-,17+/m0/s1. The van der Waals surface area contributed by atoms with Gasteiger partial charge in [0.15, 0.2) is 6.79 Å². The van der Waals surface area contributed by atoms with E-state index in [2.05, 4.69) is 19.6 Å². The summed E-state index contributed by atoms with van der Waals surface area (Å²) in [5, 5.41) is 0. The van der Waals surface area contributed by atoms with E-state index in [9.17, 15) is 4.79 Å². The molecule has 0 amide bonds. The van der Waals surface area contributed by atoms with Gasteiger partial charge in [0.25, 0.3) is 0 Å². The number of aldehydes is 1. The zero-order valence-electron chi connectivity index (χ0n) is 14.0. The Kier molecular flexibility index (Phi) is 4.75. The molecule has 1 aromatic carbocycles. The Hall–Kier alpha value is -1.37. The molecule has 0 radical (unpaired) electrons. The normalized spacial score (nSPS) is 22.4. The van der Waals surface area contributed by atoms with Crippen LogP contribution in [0.5, 0.6) is 11.5 Å². The molecule has 0 aliphatic carbocycles. The average molecular weight is 336 g/mol. The van der Waals surface area contributed by atoms with Crippen LogP contribution in [0.2, 0.25) is 25.7 Å². The molecule has 0 spiro atoms. The first kappa shape index (κ1) is 16.5. The summed E-state index contributed by atoms with van der Waals surface area (Å²) in [5.41, 5.74) is 1.55. The lowest BCUT2D eigenvalue weighted by Gasteiger charge is -2.16. The summed E-state index contributed by atoms with van der Waals surface area (Å²) >= 11 is 0. The number of ether oxygens (including phenoxy) is 4. The van der Waals surface area contributed by atoms with E-state index in [0.29, 0.717) is 30.3 Å². The third kappa shape index (κ3) is 3.76. The first-order valence-corrected chi connectivity index (χ1v) is 11.8. The van der Waals surface area contributed by atoms with Crippen LogP contribution in [0.15, 0.2) is 12.1 Å². The number of fused-ring (bicyclic) bond motifs is 3. The first-order valence-electron chi connectivity index (χ1n) is 8.10. The molecular formula is C17H24O5Si. The highest BCUT2D eigenvalue weighted by atomic mass is 28.3. The Balaban J connectivity index is 1.67. The molecule has 0 saturated carbocycles. The molecule has 23 heavy (non-hydrogen) atoms. The van der Waals surface area contributed by atoms with Gasteiger partial charge in [0.2, 0.25) is 6.29 Å². The number of benzene rings is 1. The van der Waals surface area contributed by atoms with Crippen molar-refractivity contribution < 1.29 is 23.7 Å². The van der Waals surface area contributed by atoms with E-state index in [0.717, 1.165) is 24.3 Å². The van der Waals surface area contributed by atoms with Crippen molar-refractivity contribution in [2.24, 2.45) is 0 Å². The number of carbonyl (C=O) groups excluding carboxylic acids is 1. The molecule has 0 bridgehead atoms. The van der Waals surface area contributed by atoms with E-state index in [4.69, 9.17) is 18.9 Å². The van der Waals surface area contributed by atoms with Crippen LogP contribution in [0, 0.1) is 0 Å². The predicted molar refractivity (Wildman–Crippen MR) is 89.2 cm³/mol. The Morgan fingerprint density at radius 1 is 1.35 bits per heavy atom. The molecule has 0 unspecified atom stereocenters. The van der Waals surface area contributed by atoms with Gasteiger partial charge >= 0.3 is 0 Å². The van der Waals surface area contributed by atoms with Crippen molar-refractivity contribution in [1.82, 2.24) is 0 Å². The second-order valence-corrected chi connectivity index (χ2v) is 12.9. The molecule has 6 heteroatoms. The van der Waals surface area contributed by atoms with Crippen molar-refractivity contribution >= 4 is 14.4 Å². The van der Waals surface area contributed by atoms with Gasteiger partial charge in [-0.3, -0.25) is 4.79 Å². The van der Waals surface area contributed by atoms with E-state index in [-0.39, 0.29) is 19.0 Å². The molecule has 126 valence electrons. The average Bonchev–Trinajstić information content (AvgIpc) is 3.05. The van der Waals surface area contributed by atoms with E-state index in [1.54, 1.807) is 12.1 Å². The first-order chi connectivity index (χ1) is 11.0. The minimum absolute atomic E-state index is 0.183. The number of carbonyl (C=O) groups is 1. The van der Waals surface area contributed by atoms with Crippen molar-refractivity contribution in [1.29, 1.82) is 0 Å². The minimum Gasteiger partial charge on any atom is -0.467 e. The maximum absolute atomic E-state index is 11.1. The van der Waals surface area contributed by atoms with Crippen LogP contribution >= 0.6 is 0 Å². The summed E-state index contributed by atoms with van der Waals surface area (Å²) in [6.45, 7) is 8.53. The molecule has 0 N–H and O–H groups in total. The van der Waals surface area contributed by atoms with Crippen molar-refractivity contribution in [2.75, 3.05) is 20.0 Å². The topological polar surface area (TPSA) is 54.0 Å². The minimum atomic E-state index is -1.10. The van der Waals surface area contributed by atoms with Gasteiger partial charge in [0.05, 0.1) is 12.5 Å². The fourth-order valence-corrected chi connectivity index (χ4v) is 3.66. The van der Waals surface area contributed by atoms with E-state index in [1.165, 1.54) is 0 Å². The smallest absolute Gasteiger partial charge is 0.207 e. The van der Waals surface area contributed by atoms with Crippen molar-refractivity contribution in [3.63, 3.8) is 0 Å². The van der Waals surface area contributed by atoms with Crippen molar-refractivity contribution in [2.45, 2.75) is 44.3 Å². The van der Waals surface area contributed by atoms with Gasteiger partial charge in [-0.15, -0.1) is 0 Å². The summed E-state index contributed by atoms with van der Waals surface area (Å²) in [4.78, 5) is 11.1. The molecule has 3 rings (SSSR count). The van der Waals surface area contributed by atoms with Crippen LogP contribution in [0.1, 0.15) is 28.3 Å².